The van der Waals surface area contributed by atoms with Crippen LogP contribution in [0.2, 0.25) is 0 Å². The van der Waals surface area contributed by atoms with Crippen LogP contribution in [-0.2, 0) is 18.3 Å². The molecule has 3 aromatic rings. The predicted octanol–water partition coefficient (Wildman–Crippen LogP) is 1.54. The van der Waals surface area contributed by atoms with Crippen molar-refractivity contribution >= 4 is 11.9 Å². The van der Waals surface area contributed by atoms with E-state index in [1.165, 1.54) is 0 Å². The molecule has 1 unspecified atom stereocenters. The molecule has 2 aliphatic rings. The van der Waals surface area contributed by atoms with Crippen LogP contribution in [0.25, 0.3) is 11.3 Å². The standard InChI is InChI=1S/C21H22N6O3/c1-26-11-15(10-23-26)17-4-6-22-21(25-17)27-7-5-16(12-27)24-20(28)9-14-2-3-18-19(8-14)30-13-29-18/h2-4,6,8,10-11,16H,5,7,9,12-13H2,1H3,(H,24,28). The van der Waals surface area contributed by atoms with Crippen molar-refractivity contribution in [2.45, 2.75) is 18.9 Å². The molecule has 154 valence electrons. The zero-order chi connectivity index (χ0) is 20.5. The van der Waals surface area contributed by atoms with E-state index in [4.69, 9.17) is 9.47 Å². The molecule has 1 amide bonds. The highest BCUT2D eigenvalue weighted by molar-refractivity contribution is 5.79. The first-order chi connectivity index (χ1) is 14.6. The van der Waals surface area contributed by atoms with E-state index in [9.17, 15) is 4.79 Å². The van der Waals surface area contributed by atoms with Crippen LogP contribution in [-0.4, -0.2) is 51.6 Å². The van der Waals surface area contributed by atoms with Gasteiger partial charge in [0.25, 0.3) is 0 Å². The Morgan fingerprint density at radius 2 is 2.17 bits per heavy atom. The van der Waals surface area contributed by atoms with Crippen LogP contribution in [0.3, 0.4) is 0 Å². The lowest BCUT2D eigenvalue weighted by Crippen LogP contribution is -2.38. The van der Waals surface area contributed by atoms with E-state index in [1.54, 1.807) is 17.1 Å². The topological polar surface area (TPSA) is 94.4 Å². The molecule has 1 aromatic carbocycles. The summed E-state index contributed by atoms with van der Waals surface area (Å²) in [6.45, 7) is 1.71. The average molecular weight is 406 g/mol. The number of ether oxygens (including phenoxy) is 2. The molecule has 2 aliphatic heterocycles. The van der Waals surface area contributed by atoms with E-state index in [1.807, 2.05) is 37.5 Å². The van der Waals surface area contributed by atoms with Gasteiger partial charge in [0.1, 0.15) is 0 Å². The maximum Gasteiger partial charge on any atom is 0.231 e. The molecule has 2 aromatic heterocycles. The fraction of sp³-hybridized carbons (Fsp3) is 0.333. The Hall–Kier alpha value is -3.62. The van der Waals surface area contributed by atoms with Gasteiger partial charge in [0, 0.05) is 44.1 Å². The highest BCUT2D eigenvalue weighted by atomic mass is 16.7. The van der Waals surface area contributed by atoms with E-state index in [2.05, 4.69) is 25.3 Å². The van der Waals surface area contributed by atoms with Gasteiger partial charge >= 0.3 is 0 Å². The number of fused-ring (bicyclic) bond motifs is 1. The van der Waals surface area contributed by atoms with Crippen molar-refractivity contribution in [3.63, 3.8) is 0 Å². The van der Waals surface area contributed by atoms with Crippen molar-refractivity contribution < 1.29 is 14.3 Å². The molecule has 1 saturated heterocycles. The maximum atomic E-state index is 12.5. The van der Waals surface area contributed by atoms with Crippen LogP contribution in [0.15, 0.2) is 42.9 Å². The predicted molar refractivity (Wildman–Crippen MR) is 109 cm³/mol. The van der Waals surface area contributed by atoms with Crippen molar-refractivity contribution in [1.82, 2.24) is 25.1 Å². The van der Waals surface area contributed by atoms with E-state index < -0.39 is 0 Å². The zero-order valence-corrected chi connectivity index (χ0v) is 16.6. The molecule has 9 nitrogen and oxygen atoms in total. The molecule has 1 N–H and O–H groups in total. The molecule has 30 heavy (non-hydrogen) atoms. The van der Waals surface area contributed by atoms with Gasteiger partial charge in [-0.25, -0.2) is 9.97 Å². The lowest BCUT2D eigenvalue weighted by molar-refractivity contribution is -0.121. The summed E-state index contributed by atoms with van der Waals surface area (Å²) in [5.74, 6) is 2.08. The molecular weight excluding hydrogens is 384 g/mol. The largest absolute Gasteiger partial charge is 0.454 e. The molecule has 1 fully saturated rings. The highest BCUT2D eigenvalue weighted by Gasteiger charge is 2.26. The maximum absolute atomic E-state index is 12.5. The zero-order valence-electron chi connectivity index (χ0n) is 16.6. The number of hydrogen-bond acceptors (Lipinski definition) is 7. The number of amides is 1. The number of aromatic nitrogens is 4. The van der Waals surface area contributed by atoms with Gasteiger partial charge in [-0.2, -0.15) is 5.10 Å². The van der Waals surface area contributed by atoms with Gasteiger partial charge in [-0.15, -0.1) is 0 Å². The minimum Gasteiger partial charge on any atom is -0.454 e. The number of anilines is 1. The summed E-state index contributed by atoms with van der Waals surface area (Å²) in [7, 11) is 1.88. The van der Waals surface area contributed by atoms with Gasteiger partial charge in [0.2, 0.25) is 18.6 Å². The Morgan fingerprint density at radius 1 is 1.27 bits per heavy atom. The normalized spacial score (nSPS) is 17.4. The summed E-state index contributed by atoms with van der Waals surface area (Å²) in [4.78, 5) is 23.7. The molecule has 0 aliphatic carbocycles. The van der Waals surface area contributed by atoms with Crippen molar-refractivity contribution in [2.24, 2.45) is 7.05 Å². The second-order valence-corrected chi connectivity index (χ2v) is 7.51. The second-order valence-electron chi connectivity index (χ2n) is 7.51. The molecular formula is C21H22N6O3. The molecule has 0 bridgehead atoms. The molecule has 4 heterocycles. The summed E-state index contributed by atoms with van der Waals surface area (Å²) in [5.41, 5.74) is 2.69. The number of rotatable bonds is 5. The molecule has 5 rings (SSSR count). The Bertz CT molecular complexity index is 1080. The van der Waals surface area contributed by atoms with Crippen molar-refractivity contribution in [2.75, 3.05) is 24.8 Å². The third-order valence-electron chi connectivity index (χ3n) is 5.28. The molecule has 0 saturated carbocycles. The van der Waals surface area contributed by atoms with E-state index in [0.717, 1.165) is 35.5 Å². The van der Waals surface area contributed by atoms with Crippen molar-refractivity contribution in [3.05, 3.63) is 48.4 Å². The van der Waals surface area contributed by atoms with E-state index >= 15 is 0 Å². The molecule has 0 radical (unpaired) electrons. The quantitative estimate of drug-likeness (QED) is 0.687. The lowest BCUT2D eigenvalue weighted by Gasteiger charge is -2.17. The summed E-state index contributed by atoms with van der Waals surface area (Å²) < 4.78 is 12.4. The number of nitrogens with one attached hydrogen (secondary N) is 1. The minimum absolute atomic E-state index is 0.00857. The fourth-order valence-electron chi connectivity index (χ4n) is 3.79. The lowest BCUT2D eigenvalue weighted by atomic mass is 10.1. The first-order valence-electron chi connectivity index (χ1n) is 9.89. The summed E-state index contributed by atoms with van der Waals surface area (Å²) >= 11 is 0. The number of nitrogens with zero attached hydrogens (tertiary/aromatic N) is 5. The first-order valence-corrected chi connectivity index (χ1v) is 9.89. The van der Waals surface area contributed by atoms with Crippen LogP contribution in [0.1, 0.15) is 12.0 Å². The Morgan fingerprint density at radius 3 is 3.03 bits per heavy atom. The SMILES string of the molecule is Cn1cc(-c2ccnc(N3CCC(NC(=O)Cc4ccc5c(c4)OCO5)C3)n2)cn1. The van der Waals surface area contributed by atoms with E-state index in [0.29, 0.717) is 24.7 Å². The third kappa shape index (κ3) is 3.78. The van der Waals surface area contributed by atoms with Crippen LogP contribution >= 0.6 is 0 Å². The van der Waals surface area contributed by atoms with Gasteiger partial charge in [-0.1, -0.05) is 6.07 Å². The van der Waals surface area contributed by atoms with Gasteiger partial charge < -0.3 is 19.7 Å². The third-order valence-corrected chi connectivity index (χ3v) is 5.28. The summed E-state index contributed by atoms with van der Waals surface area (Å²) in [6.07, 6.45) is 6.63. The van der Waals surface area contributed by atoms with Crippen molar-refractivity contribution in [1.29, 1.82) is 0 Å². The van der Waals surface area contributed by atoms with Crippen LogP contribution < -0.4 is 19.7 Å². The van der Waals surface area contributed by atoms with Gasteiger partial charge in [0.15, 0.2) is 11.5 Å². The monoisotopic (exact) mass is 406 g/mol. The first kappa shape index (κ1) is 18.4. The van der Waals surface area contributed by atoms with Crippen LogP contribution in [0.5, 0.6) is 11.5 Å². The fourth-order valence-corrected chi connectivity index (χ4v) is 3.79. The smallest absolute Gasteiger partial charge is 0.231 e. The minimum atomic E-state index is -0.00857. The van der Waals surface area contributed by atoms with Crippen molar-refractivity contribution in [3.8, 4) is 22.8 Å². The van der Waals surface area contributed by atoms with E-state index in [-0.39, 0.29) is 18.7 Å². The number of aryl methyl sites for hydroxylation is 1. The molecule has 1 atom stereocenters. The van der Waals surface area contributed by atoms with Gasteiger partial charge in [0.05, 0.1) is 18.3 Å². The number of carbonyl (C=O) groups is 1. The Kier molecular flexibility index (Phi) is 4.70. The number of carbonyl (C=O) groups excluding carboxylic acids is 1. The number of hydrogen-bond donors (Lipinski definition) is 1. The molecule has 0 spiro atoms. The Balaban J connectivity index is 1.19. The second kappa shape index (κ2) is 7.66. The number of benzene rings is 1. The van der Waals surface area contributed by atoms with Crippen LogP contribution in [0, 0.1) is 0 Å². The van der Waals surface area contributed by atoms with Gasteiger partial charge in [-0.3, -0.25) is 9.48 Å². The van der Waals surface area contributed by atoms with Crippen LogP contribution in [0.4, 0.5) is 5.95 Å². The van der Waals surface area contributed by atoms with Gasteiger partial charge in [-0.05, 0) is 30.2 Å². The average Bonchev–Trinajstić information content (AvgIpc) is 3.48. The summed E-state index contributed by atoms with van der Waals surface area (Å²) in [5, 5.41) is 7.32. The Labute approximate surface area is 173 Å². The highest BCUT2D eigenvalue weighted by Crippen LogP contribution is 2.32. The molecule has 9 heteroatoms. The summed E-state index contributed by atoms with van der Waals surface area (Å²) in [6, 6.07) is 7.54.